The van der Waals surface area contributed by atoms with Crippen LogP contribution in [0.15, 0.2) is 18.2 Å². The monoisotopic (exact) mass is 263 g/mol. The Morgan fingerprint density at radius 2 is 2.16 bits per heavy atom. The second kappa shape index (κ2) is 4.83. The Morgan fingerprint density at radius 3 is 2.79 bits per heavy atom. The Kier molecular flexibility index (Phi) is 3.16. The molecule has 0 aromatic heterocycles. The summed E-state index contributed by atoms with van der Waals surface area (Å²) in [5.41, 5.74) is 1.31. The Bertz CT molecular complexity index is 498. The average molecular weight is 263 g/mol. The first-order chi connectivity index (χ1) is 9.15. The summed E-state index contributed by atoms with van der Waals surface area (Å²) in [5.74, 6) is -0.234. The zero-order valence-corrected chi connectivity index (χ0v) is 10.8. The Hall–Kier alpha value is -1.59. The largest absolute Gasteiger partial charge is 0.492 e. The second-order valence-electron chi connectivity index (χ2n) is 5.15. The molecule has 2 aliphatic rings. The van der Waals surface area contributed by atoms with Gasteiger partial charge in [0.05, 0.1) is 24.8 Å². The summed E-state index contributed by atoms with van der Waals surface area (Å²) in [5, 5.41) is 9.01. The van der Waals surface area contributed by atoms with Gasteiger partial charge in [0.15, 0.2) is 0 Å². The van der Waals surface area contributed by atoms with Crippen molar-refractivity contribution in [2.45, 2.75) is 25.6 Å². The molecule has 2 aliphatic heterocycles. The minimum Gasteiger partial charge on any atom is -0.492 e. The fourth-order valence-electron chi connectivity index (χ4n) is 2.51. The van der Waals surface area contributed by atoms with Gasteiger partial charge in [0, 0.05) is 18.2 Å². The van der Waals surface area contributed by atoms with Gasteiger partial charge in [-0.3, -0.25) is 4.90 Å². The Labute approximate surface area is 111 Å². The van der Waals surface area contributed by atoms with E-state index in [4.69, 9.17) is 14.6 Å². The summed E-state index contributed by atoms with van der Waals surface area (Å²) >= 11 is 0. The first-order valence-corrected chi connectivity index (χ1v) is 6.47. The fraction of sp³-hybridized carbons (Fsp3) is 0.500. The highest BCUT2D eigenvalue weighted by molar-refractivity contribution is 5.88. The highest BCUT2D eigenvalue weighted by atomic mass is 16.5. The van der Waals surface area contributed by atoms with Crippen molar-refractivity contribution in [1.29, 1.82) is 0 Å². The smallest absolute Gasteiger partial charge is 0.335 e. The van der Waals surface area contributed by atoms with Crippen LogP contribution >= 0.6 is 0 Å². The maximum absolute atomic E-state index is 11.0. The number of benzene rings is 1. The van der Waals surface area contributed by atoms with Crippen molar-refractivity contribution in [1.82, 2.24) is 4.90 Å². The van der Waals surface area contributed by atoms with Crippen molar-refractivity contribution in [3.05, 3.63) is 29.3 Å². The molecule has 5 heteroatoms. The molecule has 3 rings (SSSR count). The molecule has 1 aromatic carbocycles. The van der Waals surface area contributed by atoms with Gasteiger partial charge < -0.3 is 14.6 Å². The number of hydrogen-bond donors (Lipinski definition) is 1. The van der Waals surface area contributed by atoms with Crippen LogP contribution in [0, 0.1) is 0 Å². The number of carboxylic acid groups (broad SMARTS) is 1. The standard InChI is InChI=1S/C14H17NO4/c1-9-6-19-13-4-10(14(16)17)2-3-11(13)5-15(9)12-7-18-8-12/h2-4,9,12H,5-8H2,1H3,(H,16,17)/t9-/m0/s1. The maximum Gasteiger partial charge on any atom is 0.335 e. The maximum atomic E-state index is 11.0. The minimum atomic E-state index is -0.923. The number of aromatic carboxylic acids is 1. The molecule has 19 heavy (non-hydrogen) atoms. The summed E-state index contributed by atoms with van der Waals surface area (Å²) in [6, 6.07) is 5.85. The van der Waals surface area contributed by atoms with Gasteiger partial charge in [0.25, 0.3) is 0 Å². The predicted molar refractivity (Wildman–Crippen MR) is 68.5 cm³/mol. The van der Waals surface area contributed by atoms with E-state index in [1.807, 2.05) is 6.07 Å². The molecule has 1 aromatic rings. The van der Waals surface area contributed by atoms with Gasteiger partial charge in [0.2, 0.25) is 0 Å². The Morgan fingerprint density at radius 1 is 1.37 bits per heavy atom. The third kappa shape index (κ3) is 2.31. The second-order valence-corrected chi connectivity index (χ2v) is 5.15. The Balaban J connectivity index is 1.87. The topological polar surface area (TPSA) is 59.0 Å². The van der Waals surface area contributed by atoms with Gasteiger partial charge in [-0.25, -0.2) is 4.79 Å². The zero-order chi connectivity index (χ0) is 13.4. The van der Waals surface area contributed by atoms with Crippen LogP contribution < -0.4 is 4.74 Å². The van der Waals surface area contributed by atoms with Gasteiger partial charge in [-0.2, -0.15) is 0 Å². The molecule has 0 bridgehead atoms. The quantitative estimate of drug-likeness (QED) is 0.873. The lowest BCUT2D eigenvalue weighted by molar-refractivity contribution is -0.0825. The lowest BCUT2D eigenvalue weighted by atomic mass is 10.1. The van der Waals surface area contributed by atoms with E-state index in [-0.39, 0.29) is 5.56 Å². The number of fused-ring (bicyclic) bond motifs is 1. The van der Waals surface area contributed by atoms with Crippen molar-refractivity contribution in [3.8, 4) is 5.75 Å². The minimum absolute atomic E-state index is 0.270. The molecule has 102 valence electrons. The summed E-state index contributed by atoms with van der Waals surface area (Å²) in [6.45, 7) is 5.03. The van der Waals surface area contributed by atoms with Gasteiger partial charge in [-0.1, -0.05) is 6.07 Å². The number of carboxylic acids is 1. The van der Waals surface area contributed by atoms with Crippen LogP contribution in [-0.2, 0) is 11.3 Å². The van der Waals surface area contributed by atoms with E-state index in [0.29, 0.717) is 24.4 Å². The number of hydrogen-bond acceptors (Lipinski definition) is 4. The molecule has 0 amide bonds. The SMILES string of the molecule is C[C@H]1COc2cc(C(=O)O)ccc2CN1C1COC1. The predicted octanol–water partition coefficient (Wildman–Crippen LogP) is 1.37. The van der Waals surface area contributed by atoms with Crippen molar-refractivity contribution in [2.24, 2.45) is 0 Å². The van der Waals surface area contributed by atoms with E-state index in [0.717, 1.165) is 25.3 Å². The third-order valence-corrected chi connectivity index (χ3v) is 3.80. The van der Waals surface area contributed by atoms with Crippen LogP contribution in [0.4, 0.5) is 0 Å². The van der Waals surface area contributed by atoms with Crippen LogP contribution in [0.5, 0.6) is 5.75 Å². The van der Waals surface area contributed by atoms with E-state index in [1.165, 1.54) is 0 Å². The zero-order valence-electron chi connectivity index (χ0n) is 10.8. The molecule has 2 heterocycles. The summed E-state index contributed by atoms with van der Waals surface area (Å²) in [7, 11) is 0. The van der Waals surface area contributed by atoms with Crippen LogP contribution in [0.2, 0.25) is 0 Å². The van der Waals surface area contributed by atoms with Crippen molar-refractivity contribution >= 4 is 5.97 Å². The molecule has 0 spiro atoms. The van der Waals surface area contributed by atoms with Crippen molar-refractivity contribution < 1.29 is 19.4 Å². The molecule has 1 atom stereocenters. The van der Waals surface area contributed by atoms with Crippen LogP contribution in [-0.4, -0.2) is 47.9 Å². The number of carbonyl (C=O) groups is 1. The molecule has 5 nitrogen and oxygen atoms in total. The van der Waals surface area contributed by atoms with Gasteiger partial charge in [-0.05, 0) is 19.1 Å². The van der Waals surface area contributed by atoms with E-state index < -0.39 is 5.97 Å². The van der Waals surface area contributed by atoms with E-state index in [2.05, 4.69) is 11.8 Å². The molecular weight excluding hydrogens is 246 g/mol. The molecule has 1 saturated heterocycles. The molecule has 1 fully saturated rings. The van der Waals surface area contributed by atoms with Crippen molar-refractivity contribution in [2.75, 3.05) is 19.8 Å². The fourth-order valence-corrected chi connectivity index (χ4v) is 2.51. The van der Waals surface area contributed by atoms with Crippen LogP contribution in [0.1, 0.15) is 22.8 Å². The summed E-state index contributed by atoms with van der Waals surface area (Å²) in [4.78, 5) is 13.4. The molecular formula is C14H17NO4. The van der Waals surface area contributed by atoms with Crippen LogP contribution in [0.3, 0.4) is 0 Å². The molecule has 0 radical (unpaired) electrons. The van der Waals surface area contributed by atoms with Gasteiger partial charge in [-0.15, -0.1) is 0 Å². The van der Waals surface area contributed by atoms with Gasteiger partial charge >= 0.3 is 5.97 Å². The van der Waals surface area contributed by atoms with E-state index >= 15 is 0 Å². The highest BCUT2D eigenvalue weighted by Crippen LogP contribution is 2.28. The average Bonchev–Trinajstić information content (AvgIpc) is 2.48. The number of ether oxygens (including phenoxy) is 2. The number of nitrogens with zero attached hydrogens (tertiary/aromatic N) is 1. The molecule has 0 saturated carbocycles. The number of rotatable bonds is 2. The van der Waals surface area contributed by atoms with Crippen LogP contribution in [0.25, 0.3) is 0 Å². The summed E-state index contributed by atoms with van der Waals surface area (Å²) < 4.78 is 11.0. The van der Waals surface area contributed by atoms with E-state index in [1.54, 1.807) is 12.1 Å². The lowest BCUT2D eigenvalue weighted by Gasteiger charge is -2.39. The first-order valence-electron chi connectivity index (χ1n) is 6.47. The van der Waals surface area contributed by atoms with E-state index in [9.17, 15) is 4.79 Å². The van der Waals surface area contributed by atoms with Crippen molar-refractivity contribution in [3.63, 3.8) is 0 Å². The highest BCUT2D eigenvalue weighted by Gasteiger charge is 2.32. The summed E-state index contributed by atoms with van der Waals surface area (Å²) in [6.07, 6.45) is 0. The molecule has 0 aliphatic carbocycles. The molecule has 1 N–H and O–H groups in total. The third-order valence-electron chi connectivity index (χ3n) is 3.80. The lowest BCUT2D eigenvalue weighted by Crippen LogP contribution is -2.52. The molecule has 0 unspecified atom stereocenters. The van der Waals surface area contributed by atoms with Gasteiger partial charge in [0.1, 0.15) is 12.4 Å². The first kappa shape index (κ1) is 12.4. The normalized spacial score (nSPS) is 23.9.